The Morgan fingerprint density at radius 2 is 1.66 bits per heavy atom. The lowest BCUT2D eigenvalue weighted by Gasteiger charge is -2.30. The normalized spacial score (nSPS) is 15.1. The average molecular weight is 488 g/mol. The standard InChI is InChI=1S/C27H25N3O4S/c1-14-6-9-22(16(3)10-14)30-25(32)21(24(31)28-27(30)35)12-20-11-17(4)29(18(20)5)23-13-19(26(33)34)8-7-15(23)2/h6-13H,1-5H3,(H,33,34)(H,28,31,35)/b21-12+. The van der Waals surface area contributed by atoms with Crippen molar-refractivity contribution in [2.45, 2.75) is 34.6 Å². The zero-order valence-corrected chi connectivity index (χ0v) is 20.9. The zero-order chi connectivity index (χ0) is 25.6. The van der Waals surface area contributed by atoms with Crippen molar-refractivity contribution in [3.8, 4) is 5.69 Å². The monoisotopic (exact) mass is 487 g/mol. The van der Waals surface area contributed by atoms with Gasteiger partial charge in [-0.15, -0.1) is 0 Å². The van der Waals surface area contributed by atoms with E-state index in [2.05, 4.69) is 5.32 Å². The number of carbonyl (C=O) groups is 3. The number of amides is 2. The van der Waals surface area contributed by atoms with E-state index in [0.29, 0.717) is 11.3 Å². The number of aryl methyl sites for hydroxylation is 4. The number of nitrogens with zero attached hydrogens (tertiary/aromatic N) is 2. The molecule has 1 aromatic heterocycles. The molecule has 0 atom stereocenters. The van der Waals surface area contributed by atoms with Gasteiger partial charge in [-0.1, -0.05) is 23.8 Å². The van der Waals surface area contributed by atoms with Crippen LogP contribution in [0, 0.1) is 34.6 Å². The average Bonchev–Trinajstić information content (AvgIpc) is 3.05. The summed E-state index contributed by atoms with van der Waals surface area (Å²) in [4.78, 5) is 39.1. The summed E-state index contributed by atoms with van der Waals surface area (Å²) in [5.41, 5.74) is 6.58. The summed E-state index contributed by atoms with van der Waals surface area (Å²) in [6, 6.07) is 12.5. The number of anilines is 1. The van der Waals surface area contributed by atoms with Gasteiger partial charge in [0, 0.05) is 17.1 Å². The molecule has 2 N–H and O–H groups in total. The van der Waals surface area contributed by atoms with Crippen molar-refractivity contribution < 1.29 is 19.5 Å². The predicted molar refractivity (Wildman–Crippen MR) is 139 cm³/mol. The highest BCUT2D eigenvalue weighted by Gasteiger charge is 2.35. The van der Waals surface area contributed by atoms with Crippen LogP contribution < -0.4 is 10.2 Å². The van der Waals surface area contributed by atoms with E-state index in [1.807, 2.05) is 63.5 Å². The van der Waals surface area contributed by atoms with Crippen LogP contribution in [0.15, 0.2) is 48.0 Å². The van der Waals surface area contributed by atoms with Gasteiger partial charge < -0.3 is 9.67 Å². The van der Waals surface area contributed by atoms with E-state index in [-0.39, 0.29) is 16.2 Å². The second-order valence-electron chi connectivity index (χ2n) is 8.72. The Labute approximate surface area is 208 Å². The fraction of sp³-hybridized carbons (Fsp3) is 0.185. The molecule has 2 aromatic carbocycles. The van der Waals surface area contributed by atoms with Crippen molar-refractivity contribution in [1.29, 1.82) is 0 Å². The van der Waals surface area contributed by atoms with Crippen LogP contribution in [0.25, 0.3) is 11.8 Å². The minimum absolute atomic E-state index is 0.0326. The second kappa shape index (κ2) is 8.96. The molecule has 4 rings (SSSR count). The third-order valence-corrected chi connectivity index (χ3v) is 6.45. The Bertz CT molecular complexity index is 1470. The summed E-state index contributed by atoms with van der Waals surface area (Å²) in [6.07, 6.45) is 1.56. The number of hydrogen-bond acceptors (Lipinski definition) is 4. The van der Waals surface area contributed by atoms with Crippen LogP contribution in [0.5, 0.6) is 0 Å². The van der Waals surface area contributed by atoms with Gasteiger partial charge in [0.1, 0.15) is 5.57 Å². The molecule has 0 radical (unpaired) electrons. The zero-order valence-electron chi connectivity index (χ0n) is 20.1. The fourth-order valence-corrected chi connectivity index (χ4v) is 4.65. The number of carbonyl (C=O) groups excluding carboxylic acids is 2. The molecule has 0 spiro atoms. The molecule has 2 heterocycles. The SMILES string of the molecule is Cc1ccc(N2C(=O)/C(=C/c3cc(C)n(-c4cc(C(=O)O)ccc4C)c3C)C(=O)NC2=S)c(C)c1. The first-order valence-electron chi connectivity index (χ1n) is 11.0. The molecule has 1 fully saturated rings. The fourth-order valence-electron chi connectivity index (χ4n) is 4.38. The van der Waals surface area contributed by atoms with Crippen molar-refractivity contribution in [2.24, 2.45) is 0 Å². The molecule has 1 aliphatic heterocycles. The van der Waals surface area contributed by atoms with Gasteiger partial charge in [0.2, 0.25) is 0 Å². The van der Waals surface area contributed by atoms with Crippen LogP contribution in [0.3, 0.4) is 0 Å². The highest BCUT2D eigenvalue weighted by Crippen LogP contribution is 2.29. The Hall–Kier alpha value is -4.04. The smallest absolute Gasteiger partial charge is 0.335 e. The number of hydrogen-bond donors (Lipinski definition) is 2. The van der Waals surface area contributed by atoms with Crippen LogP contribution in [-0.2, 0) is 9.59 Å². The van der Waals surface area contributed by atoms with Crippen molar-refractivity contribution >= 4 is 46.9 Å². The quantitative estimate of drug-likeness (QED) is 0.320. The molecule has 0 saturated carbocycles. The number of thiocarbonyl (C=S) groups is 1. The molecule has 1 saturated heterocycles. The van der Waals surface area contributed by atoms with Crippen LogP contribution in [0.4, 0.5) is 5.69 Å². The summed E-state index contributed by atoms with van der Waals surface area (Å²) in [7, 11) is 0. The maximum atomic E-state index is 13.5. The lowest BCUT2D eigenvalue weighted by molar-refractivity contribution is -0.122. The largest absolute Gasteiger partial charge is 0.478 e. The molecule has 0 bridgehead atoms. The molecule has 0 unspecified atom stereocenters. The predicted octanol–water partition coefficient (Wildman–Crippen LogP) is 4.55. The molecule has 8 heteroatoms. The van der Waals surface area contributed by atoms with Crippen LogP contribution >= 0.6 is 12.2 Å². The summed E-state index contributed by atoms with van der Waals surface area (Å²) in [6.45, 7) is 9.51. The Morgan fingerprint density at radius 3 is 2.31 bits per heavy atom. The first kappa shape index (κ1) is 24.1. The summed E-state index contributed by atoms with van der Waals surface area (Å²) in [5.74, 6) is -2.07. The van der Waals surface area contributed by atoms with Crippen molar-refractivity contribution in [3.05, 3.63) is 87.2 Å². The van der Waals surface area contributed by atoms with Gasteiger partial charge in [0.05, 0.1) is 11.3 Å². The number of carboxylic acid groups (broad SMARTS) is 1. The summed E-state index contributed by atoms with van der Waals surface area (Å²) < 4.78 is 1.92. The first-order valence-corrected chi connectivity index (χ1v) is 11.4. The molecule has 35 heavy (non-hydrogen) atoms. The van der Waals surface area contributed by atoms with E-state index in [1.165, 1.54) is 4.90 Å². The third kappa shape index (κ3) is 4.28. The van der Waals surface area contributed by atoms with Crippen LogP contribution in [-0.4, -0.2) is 32.6 Å². The van der Waals surface area contributed by atoms with Crippen LogP contribution in [0.2, 0.25) is 0 Å². The molecular formula is C27H25N3O4S. The molecule has 7 nitrogen and oxygen atoms in total. The number of aromatic nitrogens is 1. The van der Waals surface area contributed by atoms with E-state index < -0.39 is 17.8 Å². The van der Waals surface area contributed by atoms with Crippen molar-refractivity contribution in [3.63, 3.8) is 0 Å². The van der Waals surface area contributed by atoms with Gasteiger partial charge in [-0.3, -0.25) is 19.8 Å². The highest BCUT2D eigenvalue weighted by molar-refractivity contribution is 7.80. The van der Waals surface area contributed by atoms with Gasteiger partial charge in [-0.2, -0.15) is 0 Å². The van der Waals surface area contributed by atoms with E-state index in [0.717, 1.165) is 33.8 Å². The van der Waals surface area contributed by atoms with Crippen molar-refractivity contribution in [1.82, 2.24) is 9.88 Å². The van der Waals surface area contributed by atoms with Gasteiger partial charge in [-0.05, 0) is 93.9 Å². The summed E-state index contributed by atoms with van der Waals surface area (Å²) in [5, 5.41) is 12.1. The van der Waals surface area contributed by atoms with E-state index in [4.69, 9.17) is 12.2 Å². The molecule has 2 amide bonds. The highest BCUT2D eigenvalue weighted by atomic mass is 32.1. The van der Waals surface area contributed by atoms with Gasteiger partial charge in [0.15, 0.2) is 5.11 Å². The van der Waals surface area contributed by atoms with Crippen LogP contribution in [0.1, 0.15) is 44.0 Å². The lowest BCUT2D eigenvalue weighted by Crippen LogP contribution is -2.54. The maximum Gasteiger partial charge on any atom is 0.335 e. The van der Waals surface area contributed by atoms with E-state index in [9.17, 15) is 19.5 Å². The first-order chi connectivity index (χ1) is 16.5. The topological polar surface area (TPSA) is 91.6 Å². The molecule has 1 aliphatic rings. The van der Waals surface area contributed by atoms with E-state index >= 15 is 0 Å². The Kier molecular flexibility index (Phi) is 6.17. The number of aromatic carboxylic acids is 1. The van der Waals surface area contributed by atoms with Gasteiger partial charge >= 0.3 is 5.97 Å². The lowest BCUT2D eigenvalue weighted by atomic mass is 10.0. The van der Waals surface area contributed by atoms with E-state index in [1.54, 1.807) is 24.3 Å². The molecular weight excluding hydrogens is 462 g/mol. The molecule has 0 aliphatic carbocycles. The number of benzene rings is 2. The number of rotatable bonds is 4. The second-order valence-corrected chi connectivity index (χ2v) is 9.10. The minimum Gasteiger partial charge on any atom is -0.478 e. The van der Waals surface area contributed by atoms with Gasteiger partial charge in [0.25, 0.3) is 11.8 Å². The molecule has 178 valence electrons. The Balaban J connectivity index is 1.80. The maximum absolute atomic E-state index is 13.5. The van der Waals surface area contributed by atoms with Gasteiger partial charge in [-0.25, -0.2) is 4.79 Å². The molecule has 3 aromatic rings. The Morgan fingerprint density at radius 1 is 0.943 bits per heavy atom. The number of carboxylic acids is 1. The number of nitrogens with one attached hydrogen (secondary N) is 1. The van der Waals surface area contributed by atoms with Crippen molar-refractivity contribution in [2.75, 3.05) is 4.90 Å². The minimum atomic E-state index is -1.01. The summed E-state index contributed by atoms with van der Waals surface area (Å²) >= 11 is 5.33. The third-order valence-electron chi connectivity index (χ3n) is 6.16.